The van der Waals surface area contributed by atoms with Gasteiger partial charge in [0.05, 0.1) is 11.0 Å². The van der Waals surface area contributed by atoms with E-state index in [0.717, 1.165) is 0 Å². The van der Waals surface area contributed by atoms with E-state index in [0.29, 0.717) is 0 Å². The summed E-state index contributed by atoms with van der Waals surface area (Å²) in [6, 6.07) is 59.6. The molecule has 206 valence electrons. The Labute approximate surface area is 259 Å². The Morgan fingerprint density at radius 2 is 0.977 bits per heavy atom. The lowest BCUT2D eigenvalue weighted by Crippen LogP contribution is -1.94. The van der Waals surface area contributed by atoms with Crippen LogP contribution in [-0.2, 0) is 0 Å². The molecule has 0 aliphatic carbocycles. The lowest BCUT2D eigenvalue weighted by molar-refractivity contribution is 1.18. The fourth-order valence-corrected chi connectivity index (χ4v) is 7.94. The third-order valence-corrected chi connectivity index (χ3v) is 10.0. The Balaban J connectivity index is 1.14. The number of fused-ring (bicyclic) bond motifs is 6. The Morgan fingerprint density at radius 1 is 0.364 bits per heavy atom. The summed E-state index contributed by atoms with van der Waals surface area (Å²) in [5.74, 6) is 0. The number of nitrogens with zero attached hydrogens (tertiary/aromatic N) is 1. The summed E-state index contributed by atoms with van der Waals surface area (Å²) >= 11 is 1.88. The second kappa shape index (κ2) is 10.1. The predicted octanol–water partition coefficient (Wildman–Crippen LogP) is 12.2. The van der Waals surface area contributed by atoms with Crippen molar-refractivity contribution < 1.29 is 0 Å². The number of rotatable bonds is 4. The van der Waals surface area contributed by atoms with E-state index in [1.165, 1.54) is 81.0 Å². The van der Waals surface area contributed by atoms with Crippen LogP contribution < -0.4 is 0 Å². The molecular formula is C42H27NS. The second-order valence-corrected chi connectivity index (χ2v) is 12.4. The minimum Gasteiger partial charge on any atom is -0.309 e. The van der Waals surface area contributed by atoms with Crippen LogP contribution in [0.25, 0.3) is 81.0 Å². The highest BCUT2D eigenvalue weighted by molar-refractivity contribution is 7.26. The first kappa shape index (κ1) is 25.1. The summed E-state index contributed by atoms with van der Waals surface area (Å²) in [7, 11) is 0. The molecule has 0 radical (unpaired) electrons. The topological polar surface area (TPSA) is 4.93 Å². The molecule has 0 atom stereocenters. The highest BCUT2D eigenvalue weighted by Crippen LogP contribution is 2.41. The van der Waals surface area contributed by atoms with Crippen molar-refractivity contribution in [2.24, 2.45) is 0 Å². The first-order chi connectivity index (χ1) is 21.8. The monoisotopic (exact) mass is 577 g/mol. The zero-order chi connectivity index (χ0) is 29.0. The highest BCUT2D eigenvalue weighted by Gasteiger charge is 2.15. The van der Waals surface area contributed by atoms with Gasteiger partial charge in [0.15, 0.2) is 0 Å². The molecule has 0 N–H and O–H groups in total. The normalized spacial score (nSPS) is 11.6. The van der Waals surface area contributed by atoms with Crippen LogP contribution in [0.4, 0.5) is 0 Å². The fraction of sp³-hybridized carbons (Fsp3) is 0. The average Bonchev–Trinajstić information content (AvgIpc) is 3.64. The number of hydrogen-bond acceptors (Lipinski definition) is 1. The molecule has 0 aliphatic heterocycles. The van der Waals surface area contributed by atoms with Crippen molar-refractivity contribution in [3.05, 3.63) is 164 Å². The molecule has 0 fully saturated rings. The fourth-order valence-electron chi connectivity index (χ4n) is 6.70. The molecule has 0 saturated heterocycles. The lowest BCUT2D eigenvalue weighted by Gasteiger charge is -2.11. The Morgan fingerprint density at radius 3 is 1.86 bits per heavy atom. The zero-order valence-corrected chi connectivity index (χ0v) is 24.8. The molecule has 9 aromatic rings. The number of thiophene rings is 1. The van der Waals surface area contributed by atoms with Crippen molar-refractivity contribution in [3.63, 3.8) is 0 Å². The summed E-state index contributed by atoms with van der Waals surface area (Å²) < 4.78 is 5.09. The maximum absolute atomic E-state index is 2.40. The molecule has 44 heavy (non-hydrogen) atoms. The van der Waals surface area contributed by atoms with Crippen LogP contribution in [0.2, 0.25) is 0 Å². The van der Waals surface area contributed by atoms with E-state index in [1.54, 1.807) is 0 Å². The Bertz CT molecular complexity index is 2480. The molecule has 2 aromatic heterocycles. The Kier molecular flexibility index (Phi) is 5.75. The van der Waals surface area contributed by atoms with Crippen LogP contribution in [0.1, 0.15) is 0 Å². The summed E-state index contributed by atoms with van der Waals surface area (Å²) in [4.78, 5) is 0. The van der Waals surface area contributed by atoms with Crippen molar-refractivity contribution in [3.8, 4) is 39.1 Å². The molecule has 0 aliphatic rings. The smallest absolute Gasteiger partial charge is 0.0541 e. The maximum Gasteiger partial charge on any atom is 0.0541 e. The van der Waals surface area contributed by atoms with E-state index in [2.05, 4.69) is 168 Å². The summed E-state index contributed by atoms with van der Waals surface area (Å²) in [6.45, 7) is 0. The van der Waals surface area contributed by atoms with Crippen LogP contribution in [0.3, 0.4) is 0 Å². The van der Waals surface area contributed by atoms with Gasteiger partial charge in [0.2, 0.25) is 0 Å². The summed E-state index contributed by atoms with van der Waals surface area (Å²) in [6.07, 6.45) is 0. The van der Waals surface area contributed by atoms with Crippen molar-refractivity contribution in [1.29, 1.82) is 0 Å². The minimum absolute atomic E-state index is 1.17. The van der Waals surface area contributed by atoms with Crippen LogP contribution in [0, 0.1) is 0 Å². The molecule has 0 bridgehead atoms. The van der Waals surface area contributed by atoms with Gasteiger partial charge in [-0.1, -0.05) is 127 Å². The predicted molar refractivity (Wildman–Crippen MR) is 190 cm³/mol. The molecule has 2 heteroatoms. The number of hydrogen-bond donors (Lipinski definition) is 0. The number of aromatic nitrogens is 1. The maximum atomic E-state index is 2.40. The highest BCUT2D eigenvalue weighted by atomic mass is 32.1. The van der Waals surface area contributed by atoms with E-state index in [4.69, 9.17) is 0 Å². The van der Waals surface area contributed by atoms with Gasteiger partial charge in [-0.25, -0.2) is 0 Å². The molecule has 1 nitrogen and oxygen atoms in total. The Hall–Kier alpha value is -5.44. The average molecular weight is 578 g/mol. The van der Waals surface area contributed by atoms with Crippen molar-refractivity contribution >= 4 is 53.3 Å². The SMILES string of the molecule is c1ccc(-c2cccc(-n3c4ccccc4c4cc(-c5ccc(-c6cccc7c6sc6ccccc67)cc5)ccc43)c2)cc1. The van der Waals surface area contributed by atoms with Crippen molar-refractivity contribution in [2.45, 2.75) is 0 Å². The van der Waals surface area contributed by atoms with Gasteiger partial charge in [-0.3, -0.25) is 0 Å². The van der Waals surface area contributed by atoms with E-state index in [-0.39, 0.29) is 0 Å². The quantitative estimate of drug-likeness (QED) is 0.196. The molecule has 2 heterocycles. The molecule has 7 aromatic carbocycles. The van der Waals surface area contributed by atoms with Gasteiger partial charge < -0.3 is 4.57 Å². The third-order valence-electron chi connectivity index (χ3n) is 8.82. The minimum atomic E-state index is 1.17. The van der Waals surface area contributed by atoms with Gasteiger partial charge in [-0.15, -0.1) is 11.3 Å². The summed E-state index contributed by atoms with van der Waals surface area (Å²) in [5, 5.41) is 5.21. The van der Waals surface area contributed by atoms with Crippen LogP contribution in [-0.4, -0.2) is 4.57 Å². The standard InChI is InChI=1S/C42H27NS/c1-2-10-28(11-3-1)31-12-8-13-33(26-31)43-39-18-6-4-14-35(39)38-27-32(24-25-40(38)43)29-20-22-30(23-21-29)34-16-9-17-37-36-15-5-7-19-41(36)44-42(34)37/h1-27H. The van der Waals surface area contributed by atoms with Gasteiger partial charge >= 0.3 is 0 Å². The van der Waals surface area contributed by atoms with Crippen LogP contribution in [0.15, 0.2) is 164 Å². The van der Waals surface area contributed by atoms with Gasteiger partial charge in [0, 0.05) is 36.6 Å². The van der Waals surface area contributed by atoms with E-state index in [9.17, 15) is 0 Å². The van der Waals surface area contributed by atoms with E-state index >= 15 is 0 Å². The van der Waals surface area contributed by atoms with E-state index in [1.807, 2.05) is 11.3 Å². The van der Waals surface area contributed by atoms with Gasteiger partial charge in [-0.05, 0) is 69.8 Å². The summed E-state index contributed by atoms with van der Waals surface area (Å²) in [5.41, 5.74) is 11.1. The number of benzene rings is 7. The van der Waals surface area contributed by atoms with E-state index < -0.39 is 0 Å². The molecule has 0 spiro atoms. The molecule has 0 unspecified atom stereocenters. The molecule has 9 rings (SSSR count). The van der Waals surface area contributed by atoms with Crippen LogP contribution >= 0.6 is 11.3 Å². The first-order valence-corrected chi connectivity index (χ1v) is 15.8. The molecular weight excluding hydrogens is 551 g/mol. The largest absolute Gasteiger partial charge is 0.309 e. The van der Waals surface area contributed by atoms with Gasteiger partial charge in [-0.2, -0.15) is 0 Å². The van der Waals surface area contributed by atoms with Crippen LogP contribution in [0.5, 0.6) is 0 Å². The number of para-hydroxylation sites is 1. The first-order valence-electron chi connectivity index (χ1n) is 15.0. The molecule has 0 saturated carbocycles. The van der Waals surface area contributed by atoms with Crippen molar-refractivity contribution in [1.82, 2.24) is 4.57 Å². The zero-order valence-electron chi connectivity index (χ0n) is 23.9. The van der Waals surface area contributed by atoms with Gasteiger partial charge in [0.25, 0.3) is 0 Å². The third kappa shape index (κ3) is 4.00. The second-order valence-electron chi connectivity index (χ2n) is 11.4. The lowest BCUT2D eigenvalue weighted by atomic mass is 9.98. The van der Waals surface area contributed by atoms with Gasteiger partial charge in [0.1, 0.15) is 0 Å². The van der Waals surface area contributed by atoms with Crippen molar-refractivity contribution in [2.75, 3.05) is 0 Å². The molecule has 0 amide bonds.